The molecule has 0 bridgehead atoms. The number of Topliss-reactive ketones (excluding diaryl/α,β-unsaturated/α-hetero) is 1. The number of hydrogen-bond donors (Lipinski definition) is 2. The third-order valence-corrected chi connectivity index (χ3v) is 2.93. The van der Waals surface area contributed by atoms with Crippen LogP contribution in [0.2, 0.25) is 0 Å². The molecule has 0 heterocycles. The maximum absolute atomic E-state index is 11.2. The molecule has 3 N–H and O–H groups in total. The fraction of sp³-hybridized carbons (Fsp3) is 0.875. The Balaban J connectivity index is 0. The van der Waals surface area contributed by atoms with E-state index in [1.54, 1.807) is 0 Å². The van der Waals surface area contributed by atoms with Crippen molar-refractivity contribution in [3.63, 3.8) is 0 Å². The zero-order valence-electron chi connectivity index (χ0n) is 15.1. The van der Waals surface area contributed by atoms with Crippen LogP contribution < -0.4 is 11.1 Å². The molecule has 0 aliphatic heterocycles. The average molecular weight is 302 g/mol. The summed E-state index contributed by atoms with van der Waals surface area (Å²) in [6, 6.07) is -0.121. The van der Waals surface area contributed by atoms with Crippen LogP contribution in [0.5, 0.6) is 0 Å². The Morgan fingerprint density at radius 1 is 1.00 bits per heavy atom. The van der Waals surface area contributed by atoms with Crippen LogP contribution in [0, 0.1) is 11.8 Å². The first-order valence-corrected chi connectivity index (χ1v) is 7.53. The Labute approximate surface area is 130 Å². The van der Waals surface area contributed by atoms with Crippen molar-refractivity contribution in [2.24, 2.45) is 17.6 Å². The summed E-state index contributed by atoms with van der Waals surface area (Å²) in [5.41, 5.74) is 4.99. The summed E-state index contributed by atoms with van der Waals surface area (Å²) in [6.07, 6.45) is -0.339. The molecule has 0 fully saturated rings. The molecule has 0 saturated carbocycles. The standard InChI is InChI=1S/C10H21NO2.C6H13NO/c1-7(2)8(3)11-9(12)13-10(4,5)6;1-4(2)6(7)5(3)8/h7-8H,1-6H3,(H,11,12);4,6H,7H2,1-3H3. The van der Waals surface area contributed by atoms with E-state index in [1.165, 1.54) is 6.92 Å². The Hall–Kier alpha value is -1.10. The van der Waals surface area contributed by atoms with Gasteiger partial charge in [0.1, 0.15) is 11.4 Å². The third-order valence-electron chi connectivity index (χ3n) is 2.93. The molecular weight excluding hydrogens is 268 g/mol. The maximum Gasteiger partial charge on any atom is 0.407 e. The van der Waals surface area contributed by atoms with Crippen LogP contribution in [0.15, 0.2) is 0 Å². The number of hydrogen-bond acceptors (Lipinski definition) is 4. The topological polar surface area (TPSA) is 81.4 Å². The van der Waals surface area contributed by atoms with E-state index >= 15 is 0 Å². The lowest BCUT2D eigenvalue weighted by Crippen LogP contribution is -2.39. The number of nitrogens with one attached hydrogen (secondary N) is 1. The number of rotatable bonds is 4. The number of carbonyl (C=O) groups excluding carboxylic acids is 2. The highest BCUT2D eigenvalue weighted by Gasteiger charge is 2.18. The first kappa shape index (κ1) is 22.2. The van der Waals surface area contributed by atoms with Crippen molar-refractivity contribution < 1.29 is 14.3 Å². The van der Waals surface area contributed by atoms with Gasteiger partial charge in [-0.1, -0.05) is 27.7 Å². The van der Waals surface area contributed by atoms with E-state index in [0.29, 0.717) is 5.92 Å². The van der Waals surface area contributed by atoms with E-state index in [1.807, 2.05) is 41.5 Å². The molecule has 0 spiro atoms. The minimum absolute atomic E-state index is 0.0694. The highest BCUT2D eigenvalue weighted by molar-refractivity contribution is 5.81. The fourth-order valence-electron chi connectivity index (χ4n) is 1.13. The van der Waals surface area contributed by atoms with Crippen LogP contribution in [-0.2, 0) is 9.53 Å². The maximum atomic E-state index is 11.2. The summed E-state index contributed by atoms with van der Waals surface area (Å²) in [7, 11) is 0. The molecule has 0 aromatic heterocycles. The second kappa shape index (κ2) is 9.77. The van der Waals surface area contributed by atoms with Gasteiger partial charge in [0.2, 0.25) is 0 Å². The molecule has 0 aromatic rings. The zero-order valence-corrected chi connectivity index (χ0v) is 15.1. The molecule has 5 nitrogen and oxygen atoms in total. The Morgan fingerprint density at radius 3 is 1.62 bits per heavy atom. The van der Waals surface area contributed by atoms with Crippen molar-refractivity contribution in [1.82, 2.24) is 5.32 Å². The molecule has 0 aliphatic carbocycles. The lowest BCUT2D eigenvalue weighted by atomic mass is 10.0. The highest BCUT2D eigenvalue weighted by atomic mass is 16.6. The van der Waals surface area contributed by atoms with Crippen LogP contribution in [0.4, 0.5) is 4.79 Å². The lowest BCUT2D eigenvalue weighted by Gasteiger charge is -2.23. The van der Waals surface area contributed by atoms with E-state index < -0.39 is 5.60 Å². The van der Waals surface area contributed by atoms with Gasteiger partial charge in [0, 0.05) is 6.04 Å². The molecule has 0 rings (SSSR count). The van der Waals surface area contributed by atoms with E-state index in [4.69, 9.17) is 10.5 Å². The molecule has 5 heteroatoms. The molecule has 0 aromatic carbocycles. The van der Waals surface area contributed by atoms with E-state index in [-0.39, 0.29) is 29.9 Å². The van der Waals surface area contributed by atoms with Crippen LogP contribution >= 0.6 is 0 Å². The Kier molecular flexibility index (Phi) is 10.3. The van der Waals surface area contributed by atoms with Crippen molar-refractivity contribution in [2.45, 2.75) is 80.0 Å². The minimum atomic E-state index is -0.416. The SMILES string of the molecule is CC(=O)C(N)C(C)C.CC(C)C(C)NC(=O)OC(C)(C)C. The van der Waals surface area contributed by atoms with E-state index in [0.717, 1.165) is 0 Å². The molecule has 0 aliphatic rings. The van der Waals surface area contributed by atoms with E-state index in [9.17, 15) is 9.59 Å². The van der Waals surface area contributed by atoms with Crippen LogP contribution in [0.3, 0.4) is 0 Å². The Bertz CT molecular complexity index is 320. The predicted octanol–water partition coefficient (Wildman–Crippen LogP) is 3.11. The lowest BCUT2D eigenvalue weighted by molar-refractivity contribution is -0.119. The molecule has 2 unspecified atom stereocenters. The summed E-state index contributed by atoms with van der Waals surface area (Å²) >= 11 is 0. The van der Waals surface area contributed by atoms with Gasteiger partial charge in [0.05, 0.1) is 6.04 Å². The summed E-state index contributed by atoms with van der Waals surface area (Å²) in [5.74, 6) is 0.764. The quantitative estimate of drug-likeness (QED) is 0.836. The van der Waals surface area contributed by atoms with Gasteiger partial charge in [-0.15, -0.1) is 0 Å². The first-order chi connectivity index (χ1) is 9.27. The number of nitrogens with two attached hydrogens (primary N) is 1. The molecule has 0 saturated heterocycles. The minimum Gasteiger partial charge on any atom is -0.444 e. The van der Waals surface area contributed by atoms with Crippen LogP contribution in [0.25, 0.3) is 0 Å². The van der Waals surface area contributed by atoms with Gasteiger partial charge in [-0.25, -0.2) is 4.79 Å². The molecule has 0 radical (unpaired) electrons. The molecule has 126 valence electrons. The number of ketones is 1. The summed E-state index contributed by atoms with van der Waals surface area (Å²) in [6.45, 7) is 17.0. The van der Waals surface area contributed by atoms with Gasteiger partial charge >= 0.3 is 6.09 Å². The van der Waals surface area contributed by atoms with Crippen molar-refractivity contribution in [1.29, 1.82) is 0 Å². The first-order valence-electron chi connectivity index (χ1n) is 7.53. The molecule has 1 amide bonds. The van der Waals surface area contributed by atoms with Crippen LogP contribution in [0.1, 0.15) is 62.3 Å². The van der Waals surface area contributed by atoms with Crippen molar-refractivity contribution in [3.05, 3.63) is 0 Å². The van der Waals surface area contributed by atoms with Crippen LogP contribution in [-0.4, -0.2) is 29.6 Å². The number of ether oxygens (including phenoxy) is 1. The predicted molar refractivity (Wildman–Crippen MR) is 87.2 cm³/mol. The zero-order chi connectivity index (χ0) is 17.4. The van der Waals surface area contributed by atoms with Gasteiger partial charge in [-0.3, -0.25) is 4.79 Å². The normalized spacial score (nSPS) is 14.1. The summed E-state index contributed by atoms with van der Waals surface area (Å²) < 4.78 is 5.11. The second-order valence-corrected chi connectivity index (χ2v) is 7.06. The highest BCUT2D eigenvalue weighted by Crippen LogP contribution is 2.08. The van der Waals surface area contributed by atoms with Gasteiger partial charge in [0.15, 0.2) is 0 Å². The largest absolute Gasteiger partial charge is 0.444 e. The second-order valence-electron chi connectivity index (χ2n) is 7.06. The van der Waals surface area contributed by atoms with Crippen molar-refractivity contribution in [3.8, 4) is 0 Å². The summed E-state index contributed by atoms with van der Waals surface area (Å²) in [4.78, 5) is 21.7. The smallest absolute Gasteiger partial charge is 0.407 e. The van der Waals surface area contributed by atoms with Gasteiger partial charge in [-0.05, 0) is 46.5 Å². The molecule has 21 heavy (non-hydrogen) atoms. The van der Waals surface area contributed by atoms with Gasteiger partial charge < -0.3 is 15.8 Å². The van der Waals surface area contributed by atoms with E-state index in [2.05, 4.69) is 19.2 Å². The van der Waals surface area contributed by atoms with Crippen molar-refractivity contribution >= 4 is 11.9 Å². The van der Waals surface area contributed by atoms with Crippen molar-refractivity contribution in [2.75, 3.05) is 0 Å². The van der Waals surface area contributed by atoms with Gasteiger partial charge in [0.25, 0.3) is 0 Å². The number of carbonyl (C=O) groups is 2. The Morgan fingerprint density at radius 2 is 1.43 bits per heavy atom. The number of amides is 1. The molecule has 2 atom stereocenters. The third kappa shape index (κ3) is 13.6. The summed E-state index contributed by atoms with van der Waals surface area (Å²) in [5, 5.41) is 2.77. The fourth-order valence-corrected chi connectivity index (χ4v) is 1.13. The number of alkyl carbamates (subject to hydrolysis) is 1. The van der Waals surface area contributed by atoms with Gasteiger partial charge in [-0.2, -0.15) is 0 Å². The monoisotopic (exact) mass is 302 g/mol. The molecular formula is C16H34N2O3. The average Bonchev–Trinajstić information content (AvgIpc) is 2.25.